The Kier molecular flexibility index (Phi) is 3.84. The van der Waals surface area contributed by atoms with Crippen molar-refractivity contribution in [1.82, 2.24) is 12.9 Å². The van der Waals surface area contributed by atoms with Gasteiger partial charge in [-0.2, -0.15) is 0 Å². The molecule has 2 heterocycles. The molecule has 2 aliphatic rings. The summed E-state index contributed by atoms with van der Waals surface area (Å²) in [6, 6.07) is 0. The SMILES string of the molecule is CN1CCC(C(=O)N2CCN(I)CC2)C1. The quantitative estimate of drug-likeness (QED) is 0.517. The van der Waals surface area contributed by atoms with Gasteiger partial charge in [0.05, 0.1) is 5.92 Å². The summed E-state index contributed by atoms with van der Waals surface area (Å²) in [4.78, 5) is 16.4. The first-order valence-corrected chi connectivity index (χ1v) is 6.51. The number of hydrogen-bond donors (Lipinski definition) is 0. The molecule has 0 aromatic rings. The van der Waals surface area contributed by atoms with Crippen molar-refractivity contribution >= 4 is 28.8 Å². The molecule has 15 heavy (non-hydrogen) atoms. The number of rotatable bonds is 1. The van der Waals surface area contributed by atoms with Crippen LogP contribution in [-0.4, -0.2) is 65.1 Å². The molecule has 2 saturated heterocycles. The molecular formula is C10H18IN3O. The van der Waals surface area contributed by atoms with E-state index in [4.69, 9.17) is 0 Å². The average Bonchev–Trinajstić information content (AvgIpc) is 2.65. The molecule has 0 N–H and O–H groups in total. The molecule has 1 unspecified atom stereocenters. The van der Waals surface area contributed by atoms with Crippen LogP contribution >= 0.6 is 22.9 Å². The molecule has 0 aromatic heterocycles. The Labute approximate surface area is 105 Å². The lowest BCUT2D eigenvalue weighted by molar-refractivity contribution is -0.136. The largest absolute Gasteiger partial charge is 0.340 e. The first-order valence-electron chi connectivity index (χ1n) is 5.55. The molecule has 2 aliphatic heterocycles. The number of piperazine rings is 1. The van der Waals surface area contributed by atoms with Gasteiger partial charge in [0.2, 0.25) is 5.91 Å². The molecule has 0 bridgehead atoms. The van der Waals surface area contributed by atoms with Crippen LogP contribution in [0.5, 0.6) is 0 Å². The van der Waals surface area contributed by atoms with Crippen LogP contribution in [0.15, 0.2) is 0 Å². The highest BCUT2D eigenvalue weighted by Crippen LogP contribution is 2.18. The van der Waals surface area contributed by atoms with E-state index in [0.29, 0.717) is 5.91 Å². The zero-order chi connectivity index (χ0) is 10.8. The number of likely N-dealkylation sites (tertiary alicyclic amines) is 1. The highest BCUT2D eigenvalue weighted by Gasteiger charge is 2.30. The highest BCUT2D eigenvalue weighted by atomic mass is 127. The van der Waals surface area contributed by atoms with E-state index < -0.39 is 0 Å². The van der Waals surface area contributed by atoms with Crippen molar-refractivity contribution in [3.05, 3.63) is 0 Å². The lowest BCUT2D eigenvalue weighted by Crippen LogP contribution is -2.47. The van der Waals surface area contributed by atoms with Gasteiger partial charge in [-0.3, -0.25) is 4.79 Å². The molecule has 86 valence electrons. The summed E-state index contributed by atoms with van der Waals surface area (Å²) in [6.45, 7) is 5.85. The van der Waals surface area contributed by atoms with E-state index in [9.17, 15) is 4.79 Å². The summed E-state index contributed by atoms with van der Waals surface area (Å²) in [5, 5.41) is 0. The van der Waals surface area contributed by atoms with E-state index in [1.54, 1.807) is 0 Å². The van der Waals surface area contributed by atoms with Gasteiger partial charge in [-0.25, -0.2) is 3.11 Å². The lowest BCUT2D eigenvalue weighted by Gasteiger charge is -2.32. The first-order chi connectivity index (χ1) is 7.16. The molecule has 1 atom stereocenters. The second-order valence-electron chi connectivity index (χ2n) is 4.48. The predicted octanol–water partition coefficient (Wildman–Crippen LogP) is 0.432. The minimum atomic E-state index is 0.260. The summed E-state index contributed by atoms with van der Waals surface area (Å²) in [5.41, 5.74) is 0. The summed E-state index contributed by atoms with van der Waals surface area (Å²) in [6.07, 6.45) is 1.04. The van der Waals surface area contributed by atoms with Gasteiger partial charge >= 0.3 is 0 Å². The maximum atomic E-state index is 12.1. The van der Waals surface area contributed by atoms with Crippen LogP contribution in [-0.2, 0) is 4.79 Å². The van der Waals surface area contributed by atoms with Crippen LogP contribution in [0.4, 0.5) is 0 Å². The van der Waals surface area contributed by atoms with Crippen molar-refractivity contribution in [2.24, 2.45) is 5.92 Å². The zero-order valence-corrected chi connectivity index (χ0v) is 11.3. The minimum absolute atomic E-state index is 0.260. The van der Waals surface area contributed by atoms with Crippen molar-refractivity contribution in [3.8, 4) is 0 Å². The highest BCUT2D eigenvalue weighted by molar-refractivity contribution is 14.1. The second-order valence-corrected chi connectivity index (χ2v) is 5.85. The summed E-state index contributed by atoms with van der Waals surface area (Å²) in [7, 11) is 2.09. The number of halogens is 1. The lowest BCUT2D eigenvalue weighted by atomic mass is 10.1. The smallest absolute Gasteiger partial charge is 0.227 e. The van der Waals surface area contributed by atoms with E-state index in [1.807, 2.05) is 4.90 Å². The number of carbonyl (C=O) groups is 1. The Hall–Kier alpha value is 0.120. The van der Waals surface area contributed by atoms with Gasteiger partial charge in [-0.15, -0.1) is 0 Å². The average molecular weight is 323 g/mol. The monoisotopic (exact) mass is 323 g/mol. The first kappa shape index (κ1) is 11.6. The molecule has 1 amide bonds. The third-order valence-corrected chi connectivity index (χ3v) is 4.24. The van der Waals surface area contributed by atoms with Gasteiger partial charge in [-0.05, 0) is 20.0 Å². The molecule has 0 aliphatic carbocycles. The van der Waals surface area contributed by atoms with Crippen molar-refractivity contribution in [2.45, 2.75) is 6.42 Å². The fourth-order valence-electron chi connectivity index (χ4n) is 2.30. The van der Waals surface area contributed by atoms with Crippen LogP contribution in [0.1, 0.15) is 6.42 Å². The molecule has 0 saturated carbocycles. The van der Waals surface area contributed by atoms with Gasteiger partial charge in [0, 0.05) is 55.6 Å². The van der Waals surface area contributed by atoms with Crippen LogP contribution in [0, 0.1) is 5.92 Å². The summed E-state index contributed by atoms with van der Waals surface area (Å²) in [5.74, 6) is 0.639. The van der Waals surface area contributed by atoms with E-state index in [-0.39, 0.29) is 5.92 Å². The zero-order valence-electron chi connectivity index (χ0n) is 9.15. The molecule has 2 rings (SSSR count). The topological polar surface area (TPSA) is 26.8 Å². The van der Waals surface area contributed by atoms with E-state index >= 15 is 0 Å². The van der Waals surface area contributed by atoms with Crippen LogP contribution in [0.25, 0.3) is 0 Å². The Morgan fingerprint density at radius 3 is 2.40 bits per heavy atom. The van der Waals surface area contributed by atoms with Crippen LogP contribution < -0.4 is 0 Å². The fraction of sp³-hybridized carbons (Fsp3) is 0.900. The van der Waals surface area contributed by atoms with Crippen molar-refractivity contribution in [2.75, 3.05) is 46.3 Å². The minimum Gasteiger partial charge on any atom is -0.340 e. The van der Waals surface area contributed by atoms with Gasteiger partial charge in [-0.1, -0.05) is 0 Å². The van der Waals surface area contributed by atoms with Crippen molar-refractivity contribution in [1.29, 1.82) is 0 Å². The van der Waals surface area contributed by atoms with Gasteiger partial charge in [0.25, 0.3) is 0 Å². The number of amides is 1. The van der Waals surface area contributed by atoms with E-state index in [2.05, 4.69) is 37.9 Å². The molecule has 4 nitrogen and oxygen atoms in total. The standard InChI is InChI=1S/C10H18IN3O/c1-12-3-2-9(8-12)10(15)13-4-6-14(11)7-5-13/h9H,2-8H2,1H3. The molecule has 5 heteroatoms. The second kappa shape index (κ2) is 4.97. The molecule has 0 spiro atoms. The number of nitrogens with zero attached hydrogens (tertiary/aromatic N) is 3. The number of hydrogen-bond acceptors (Lipinski definition) is 3. The maximum Gasteiger partial charge on any atom is 0.227 e. The van der Waals surface area contributed by atoms with Gasteiger partial charge in [0.1, 0.15) is 0 Å². The molecule has 0 aromatic carbocycles. The fourth-order valence-corrected chi connectivity index (χ4v) is 2.73. The van der Waals surface area contributed by atoms with Gasteiger partial charge in [0.15, 0.2) is 0 Å². The maximum absolute atomic E-state index is 12.1. The Balaban J connectivity index is 1.85. The predicted molar refractivity (Wildman–Crippen MR) is 67.8 cm³/mol. The molecular weight excluding hydrogens is 305 g/mol. The third-order valence-electron chi connectivity index (χ3n) is 3.28. The van der Waals surface area contributed by atoms with Gasteiger partial charge < -0.3 is 9.80 Å². The number of carbonyl (C=O) groups excluding carboxylic acids is 1. The van der Waals surface area contributed by atoms with E-state index in [1.165, 1.54) is 0 Å². The van der Waals surface area contributed by atoms with Crippen LogP contribution in [0.2, 0.25) is 0 Å². The Morgan fingerprint density at radius 1 is 1.20 bits per heavy atom. The molecule has 2 fully saturated rings. The summed E-state index contributed by atoms with van der Waals surface area (Å²) >= 11 is 2.33. The Bertz CT molecular complexity index is 241. The third kappa shape index (κ3) is 2.82. The molecule has 0 radical (unpaired) electrons. The Morgan fingerprint density at radius 2 is 1.87 bits per heavy atom. The normalized spacial score (nSPS) is 29.7. The van der Waals surface area contributed by atoms with Crippen molar-refractivity contribution in [3.63, 3.8) is 0 Å². The van der Waals surface area contributed by atoms with Crippen LogP contribution in [0.3, 0.4) is 0 Å². The van der Waals surface area contributed by atoms with E-state index in [0.717, 1.165) is 45.7 Å². The summed E-state index contributed by atoms with van der Waals surface area (Å²) < 4.78 is 2.25. The van der Waals surface area contributed by atoms with Crippen molar-refractivity contribution < 1.29 is 4.79 Å².